The van der Waals surface area contributed by atoms with Gasteiger partial charge in [0.15, 0.2) is 6.73 Å². The van der Waals surface area contributed by atoms with Crippen LogP contribution in [0.1, 0.15) is 39.8 Å². The van der Waals surface area contributed by atoms with Gasteiger partial charge in [0.25, 0.3) is 5.91 Å². The van der Waals surface area contributed by atoms with E-state index in [0.717, 1.165) is 29.1 Å². The van der Waals surface area contributed by atoms with Crippen LogP contribution < -0.4 is 10.1 Å². The Hall–Kier alpha value is -3.87. The summed E-state index contributed by atoms with van der Waals surface area (Å²) < 4.78 is 9.34. The lowest BCUT2D eigenvalue weighted by Gasteiger charge is -2.07. The number of ether oxygens (including phenoxy) is 1. The highest BCUT2D eigenvalue weighted by atomic mass is 16.5. The predicted molar refractivity (Wildman–Crippen MR) is 124 cm³/mol. The van der Waals surface area contributed by atoms with Crippen LogP contribution in [-0.2, 0) is 19.7 Å². The number of hydrogen-bond donors (Lipinski definition) is 1. The van der Waals surface area contributed by atoms with Gasteiger partial charge in [0.2, 0.25) is 0 Å². The van der Waals surface area contributed by atoms with Crippen LogP contribution >= 0.6 is 0 Å². The molecular weight excluding hydrogens is 402 g/mol. The first-order valence-electron chi connectivity index (χ1n) is 10.7. The maximum Gasteiger partial charge on any atom is 0.255 e. The second-order valence-corrected chi connectivity index (χ2v) is 7.78. The fourth-order valence-electron chi connectivity index (χ4n) is 3.43. The summed E-state index contributed by atoms with van der Waals surface area (Å²) in [4.78, 5) is 12.6. The van der Waals surface area contributed by atoms with E-state index in [1.54, 1.807) is 17.1 Å². The molecule has 4 aromatic rings. The maximum absolute atomic E-state index is 12.6. The fourth-order valence-corrected chi connectivity index (χ4v) is 3.43. The Balaban J connectivity index is 1.31. The third kappa shape index (κ3) is 5.24. The monoisotopic (exact) mass is 429 g/mol. The van der Waals surface area contributed by atoms with Crippen LogP contribution in [0.25, 0.3) is 0 Å². The van der Waals surface area contributed by atoms with Gasteiger partial charge in [-0.3, -0.25) is 9.48 Å². The first-order valence-corrected chi connectivity index (χ1v) is 10.7. The van der Waals surface area contributed by atoms with Crippen LogP contribution in [0, 0.1) is 13.8 Å². The van der Waals surface area contributed by atoms with E-state index in [9.17, 15) is 4.79 Å². The molecule has 0 aliphatic rings. The first kappa shape index (κ1) is 21.4. The number of hydrogen-bond acceptors (Lipinski definition) is 4. The average Bonchev–Trinajstić information content (AvgIpc) is 3.38. The van der Waals surface area contributed by atoms with Crippen molar-refractivity contribution in [1.82, 2.24) is 19.6 Å². The smallest absolute Gasteiger partial charge is 0.255 e. The topological polar surface area (TPSA) is 74.0 Å². The zero-order valence-electron chi connectivity index (χ0n) is 18.6. The number of carbonyl (C=O) groups excluding carboxylic acids is 1. The number of carbonyl (C=O) groups is 1. The molecule has 0 aliphatic heterocycles. The van der Waals surface area contributed by atoms with Gasteiger partial charge in [0.05, 0.1) is 30.3 Å². The molecule has 2 aromatic carbocycles. The molecule has 0 saturated carbocycles. The molecule has 7 nitrogen and oxygen atoms in total. The number of aromatic nitrogens is 4. The molecule has 4 rings (SSSR count). The highest BCUT2D eigenvalue weighted by Gasteiger charge is 2.09. The van der Waals surface area contributed by atoms with E-state index < -0.39 is 0 Å². The second kappa shape index (κ2) is 9.51. The molecule has 164 valence electrons. The number of benzene rings is 2. The minimum absolute atomic E-state index is 0.182. The molecule has 0 radical (unpaired) electrons. The molecule has 0 aliphatic carbocycles. The molecule has 7 heteroatoms. The molecule has 0 bridgehead atoms. The molecular formula is C25H27N5O2. The van der Waals surface area contributed by atoms with Crippen LogP contribution in [0.4, 0.5) is 5.69 Å². The first-order chi connectivity index (χ1) is 15.5. The van der Waals surface area contributed by atoms with Crippen molar-refractivity contribution >= 4 is 11.6 Å². The van der Waals surface area contributed by atoms with Crippen molar-refractivity contribution in [2.24, 2.45) is 0 Å². The van der Waals surface area contributed by atoms with Crippen LogP contribution in [-0.4, -0.2) is 25.5 Å². The number of amides is 1. The van der Waals surface area contributed by atoms with E-state index in [2.05, 4.69) is 28.5 Å². The van der Waals surface area contributed by atoms with Gasteiger partial charge in [0, 0.05) is 11.3 Å². The maximum atomic E-state index is 12.6. The lowest BCUT2D eigenvalue weighted by Crippen LogP contribution is -2.12. The van der Waals surface area contributed by atoms with E-state index in [-0.39, 0.29) is 12.6 Å². The van der Waals surface area contributed by atoms with Gasteiger partial charge in [-0.2, -0.15) is 10.2 Å². The summed E-state index contributed by atoms with van der Waals surface area (Å²) in [7, 11) is 0. The highest BCUT2D eigenvalue weighted by Crippen LogP contribution is 2.15. The van der Waals surface area contributed by atoms with Crippen LogP contribution in [0.5, 0.6) is 5.75 Å². The molecule has 0 fully saturated rings. The molecule has 2 aromatic heterocycles. The Morgan fingerprint density at radius 3 is 2.41 bits per heavy atom. The summed E-state index contributed by atoms with van der Waals surface area (Å²) in [5, 5.41) is 11.6. The minimum Gasteiger partial charge on any atom is -0.471 e. The van der Waals surface area contributed by atoms with Crippen molar-refractivity contribution in [1.29, 1.82) is 0 Å². The predicted octanol–water partition coefficient (Wildman–Crippen LogP) is 4.60. The van der Waals surface area contributed by atoms with Gasteiger partial charge >= 0.3 is 0 Å². The Kier molecular flexibility index (Phi) is 6.35. The van der Waals surface area contributed by atoms with Crippen molar-refractivity contribution in [2.75, 3.05) is 5.32 Å². The van der Waals surface area contributed by atoms with Crippen molar-refractivity contribution in [2.45, 2.75) is 40.5 Å². The number of nitrogens with zero attached hydrogens (tertiary/aromatic N) is 4. The number of rotatable bonds is 8. The molecule has 1 N–H and O–H groups in total. The lowest BCUT2D eigenvalue weighted by atomic mass is 10.1. The van der Waals surface area contributed by atoms with Gasteiger partial charge in [-0.05, 0) is 61.7 Å². The summed E-state index contributed by atoms with van der Waals surface area (Å²) in [6, 6.07) is 17.6. The van der Waals surface area contributed by atoms with Gasteiger partial charge in [-0.1, -0.05) is 31.2 Å². The standard InChI is InChI=1S/C25H27N5O2/c1-4-20-7-11-24(12-8-20)32-17-29-16-23(14-26-29)27-25(31)22-9-5-21(6-10-22)15-30-19(3)13-18(2)28-30/h5-14,16H,4,15,17H2,1-3H3,(H,27,31). The largest absolute Gasteiger partial charge is 0.471 e. The minimum atomic E-state index is -0.182. The second-order valence-electron chi connectivity index (χ2n) is 7.78. The Labute approximate surface area is 187 Å². The van der Waals surface area contributed by atoms with Crippen LogP contribution in [0.15, 0.2) is 67.0 Å². The van der Waals surface area contributed by atoms with E-state index in [4.69, 9.17) is 4.74 Å². The lowest BCUT2D eigenvalue weighted by molar-refractivity contribution is 0.102. The summed E-state index contributed by atoms with van der Waals surface area (Å²) in [5.74, 6) is 0.599. The third-order valence-electron chi connectivity index (χ3n) is 5.24. The summed E-state index contributed by atoms with van der Waals surface area (Å²) in [6.07, 6.45) is 4.35. The van der Waals surface area contributed by atoms with Crippen molar-refractivity contribution in [3.05, 3.63) is 95.1 Å². The summed E-state index contributed by atoms with van der Waals surface area (Å²) in [5.41, 5.74) is 5.67. The average molecular weight is 430 g/mol. The molecule has 1 amide bonds. The van der Waals surface area contributed by atoms with E-state index in [0.29, 0.717) is 17.8 Å². The third-order valence-corrected chi connectivity index (χ3v) is 5.24. The quantitative estimate of drug-likeness (QED) is 0.444. The number of nitrogens with one attached hydrogen (secondary N) is 1. The fraction of sp³-hybridized carbons (Fsp3) is 0.240. The van der Waals surface area contributed by atoms with Gasteiger partial charge in [-0.25, -0.2) is 4.68 Å². The van der Waals surface area contributed by atoms with E-state index in [1.807, 2.05) is 67.1 Å². The van der Waals surface area contributed by atoms with Crippen LogP contribution in [0.3, 0.4) is 0 Å². The molecule has 0 atom stereocenters. The zero-order chi connectivity index (χ0) is 22.5. The van der Waals surface area contributed by atoms with Crippen molar-refractivity contribution in [3.8, 4) is 5.75 Å². The van der Waals surface area contributed by atoms with E-state index in [1.165, 1.54) is 5.56 Å². The van der Waals surface area contributed by atoms with Gasteiger partial charge < -0.3 is 10.1 Å². The van der Waals surface area contributed by atoms with Gasteiger partial charge in [-0.15, -0.1) is 0 Å². The van der Waals surface area contributed by atoms with Gasteiger partial charge in [0.1, 0.15) is 5.75 Å². The Morgan fingerprint density at radius 2 is 1.75 bits per heavy atom. The van der Waals surface area contributed by atoms with E-state index >= 15 is 0 Å². The molecule has 2 heterocycles. The van der Waals surface area contributed by atoms with Crippen LogP contribution in [0.2, 0.25) is 0 Å². The summed E-state index contributed by atoms with van der Waals surface area (Å²) >= 11 is 0. The molecule has 0 saturated heterocycles. The summed E-state index contributed by atoms with van der Waals surface area (Å²) in [6.45, 7) is 7.08. The van der Waals surface area contributed by atoms with Crippen molar-refractivity contribution < 1.29 is 9.53 Å². The molecule has 0 unspecified atom stereocenters. The zero-order valence-corrected chi connectivity index (χ0v) is 18.6. The highest BCUT2D eigenvalue weighted by molar-refractivity contribution is 6.04. The molecule has 32 heavy (non-hydrogen) atoms. The SMILES string of the molecule is CCc1ccc(OCn2cc(NC(=O)c3ccc(Cn4nc(C)cc4C)cc3)cn2)cc1. The van der Waals surface area contributed by atoms with Crippen molar-refractivity contribution in [3.63, 3.8) is 0 Å². The molecule has 0 spiro atoms. The Bertz CT molecular complexity index is 1190. The Morgan fingerprint density at radius 1 is 1.03 bits per heavy atom. The number of anilines is 1. The number of aryl methyl sites for hydroxylation is 3. The normalized spacial score (nSPS) is 10.8.